The Morgan fingerprint density at radius 1 is 1.22 bits per heavy atom. The summed E-state index contributed by atoms with van der Waals surface area (Å²) in [6.07, 6.45) is 2.98. The molecule has 0 saturated carbocycles. The topological polar surface area (TPSA) is 88.1 Å². The third-order valence-corrected chi connectivity index (χ3v) is 6.32. The average Bonchev–Trinajstić information content (AvgIpc) is 3.19. The second kappa shape index (κ2) is 12.6. The first kappa shape index (κ1) is 27.3. The smallest absolute Gasteiger partial charge is 0.338 e. The van der Waals surface area contributed by atoms with Crippen LogP contribution >= 0.6 is 0 Å². The zero-order chi connectivity index (χ0) is 26.2. The Bertz CT molecular complexity index is 1050. The maximum absolute atomic E-state index is 12.7. The molecule has 1 aromatic rings. The maximum Gasteiger partial charge on any atom is 0.338 e. The number of carbonyl (C=O) groups excluding carboxylic acids is 3. The summed E-state index contributed by atoms with van der Waals surface area (Å²) in [6, 6.07) is 9.69. The van der Waals surface area contributed by atoms with Gasteiger partial charge in [0.1, 0.15) is 18.5 Å². The highest BCUT2D eigenvalue weighted by Gasteiger charge is 2.36. The minimum absolute atomic E-state index is 0.130. The van der Waals surface area contributed by atoms with E-state index in [2.05, 4.69) is 13.2 Å². The second-order valence-corrected chi connectivity index (χ2v) is 9.37. The van der Waals surface area contributed by atoms with Gasteiger partial charge in [-0.15, -0.1) is 0 Å². The first-order valence-corrected chi connectivity index (χ1v) is 12.0. The molecule has 0 aliphatic carbocycles. The fourth-order valence-corrected chi connectivity index (χ4v) is 4.37. The van der Waals surface area contributed by atoms with Crippen LogP contribution in [0.4, 0.5) is 0 Å². The van der Waals surface area contributed by atoms with E-state index in [1.54, 1.807) is 13.0 Å². The number of allylic oxidation sites excluding steroid dienone is 2. The zero-order valence-electron chi connectivity index (χ0n) is 21.1. The van der Waals surface area contributed by atoms with Crippen LogP contribution in [0.1, 0.15) is 51.9 Å². The van der Waals surface area contributed by atoms with Gasteiger partial charge in [-0.1, -0.05) is 54.6 Å². The number of aldehydes is 1. The summed E-state index contributed by atoms with van der Waals surface area (Å²) >= 11 is 0. The monoisotopic (exact) mass is 494 g/mol. The summed E-state index contributed by atoms with van der Waals surface area (Å²) in [6.45, 7) is 13.6. The van der Waals surface area contributed by atoms with Crippen LogP contribution in [-0.2, 0) is 33.3 Å². The molecule has 192 valence electrons. The first-order chi connectivity index (χ1) is 17.2. The molecule has 0 spiro atoms. The zero-order valence-corrected chi connectivity index (χ0v) is 21.1. The Morgan fingerprint density at radius 3 is 2.58 bits per heavy atom. The molecule has 5 atom stereocenters. The van der Waals surface area contributed by atoms with Crippen molar-refractivity contribution >= 4 is 18.2 Å². The predicted molar refractivity (Wildman–Crippen MR) is 135 cm³/mol. The van der Waals surface area contributed by atoms with Crippen LogP contribution in [0.15, 0.2) is 77.9 Å². The van der Waals surface area contributed by atoms with Crippen molar-refractivity contribution in [1.29, 1.82) is 0 Å². The van der Waals surface area contributed by atoms with Crippen LogP contribution < -0.4 is 0 Å². The number of benzene rings is 1. The van der Waals surface area contributed by atoms with Crippen molar-refractivity contribution in [2.24, 2.45) is 5.92 Å². The third-order valence-electron chi connectivity index (χ3n) is 6.32. The molecule has 3 rings (SSSR count). The molecule has 7 heteroatoms. The minimum Gasteiger partial charge on any atom is -0.457 e. The van der Waals surface area contributed by atoms with Gasteiger partial charge in [0.25, 0.3) is 0 Å². The molecular formula is C29H34O7. The normalized spacial score (nSPS) is 23.9. The number of ether oxygens (including phenoxy) is 4. The van der Waals surface area contributed by atoms with Gasteiger partial charge in [-0.05, 0) is 50.3 Å². The fourth-order valence-electron chi connectivity index (χ4n) is 4.37. The van der Waals surface area contributed by atoms with Gasteiger partial charge in [0.2, 0.25) is 0 Å². The summed E-state index contributed by atoms with van der Waals surface area (Å²) in [7, 11) is 0. The van der Waals surface area contributed by atoms with E-state index in [1.807, 2.05) is 37.3 Å². The second-order valence-electron chi connectivity index (χ2n) is 9.37. The van der Waals surface area contributed by atoms with Crippen molar-refractivity contribution in [3.05, 3.63) is 83.5 Å². The van der Waals surface area contributed by atoms with Gasteiger partial charge in [-0.2, -0.15) is 0 Å². The van der Waals surface area contributed by atoms with Crippen LogP contribution in [0, 0.1) is 5.92 Å². The Hall–Kier alpha value is -3.29. The largest absolute Gasteiger partial charge is 0.457 e. The van der Waals surface area contributed by atoms with Crippen molar-refractivity contribution in [2.45, 2.75) is 64.6 Å². The van der Waals surface area contributed by atoms with Gasteiger partial charge >= 0.3 is 11.9 Å². The molecule has 7 nitrogen and oxygen atoms in total. The van der Waals surface area contributed by atoms with Gasteiger partial charge < -0.3 is 18.9 Å². The highest BCUT2D eigenvalue weighted by atomic mass is 16.7. The number of hydrogen-bond donors (Lipinski definition) is 0. The van der Waals surface area contributed by atoms with Crippen LogP contribution in [0.2, 0.25) is 0 Å². The standard InChI is InChI=1S/C29H34O7/c1-18(2)23(14-26-20(4)17-33-29(36-26)22-9-7-6-8-10-22)15-27(34-21(5)31)25-16-24(35-28(25)32)13-19(3)11-12-30/h6-12,16,23-24,26-27,29H,1,4,13-15,17H2,2-3,5H3/b19-11+/t23-,24-,26?,27?,29?/m1/s1. The van der Waals surface area contributed by atoms with E-state index in [0.717, 1.165) is 22.3 Å². The number of esters is 2. The lowest BCUT2D eigenvalue weighted by Crippen LogP contribution is -2.33. The molecule has 3 unspecified atom stereocenters. The predicted octanol–water partition coefficient (Wildman–Crippen LogP) is 4.95. The molecule has 0 aromatic heterocycles. The summed E-state index contributed by atoms with van der Waals surface area (Å²) in [4.78, 5) is 35.4. The number of hydrogen-bond acceptors (Lipinski definition) is 7. The fraction of sp³-hybridized carbons (Fsp3) is 0.414. The minimum atomic E-state index is -0.796. The van der Waals surface area contributed by atoms with E-state index in [1.165, 1.54) is 13.0 Å². The highest BCUT2D eigenvalue weighted by molar-refractivity contribution is 5.92. The third kappa shape index (κ3) is 7.35. The summed E-state index contributed by atoms with van der Waals surface area (Å²) in [5.41, 5.74) is 3.69. The van der Waals surface area contributed by atoms with Gasteiger partial charge in [0.15, 0.2) is 6.29 Å². The van der Waals surface area contributed by atoms with E-state index < -0.39 is 30.4 Å². The average molecular weight is 495 g/mol. The Labute approximate surface area is 212 Å². The van der Waals surface area contributed by atoms with Crippen LogP contribution in [0.25, 0.3) is 0 Å². The van der Waals surface area contributed by atoms with Gasteiger partial charge in [-0.3, -0.25) is 9.59 Å². The lowest BCUT2D eigenvalue weighted by molar-refractivity contribution is -0.195. The molecular weight excluding hydrogens is 460 g/mol. The van der Waals surface area contributed by atoms with Crippen molar-refractivity contribution < 1.29 is 33.3 Å². The van der Waals surface area contributed by atoms with Crippen molar-refractivity contribution in [3.8, 4) is 0 Å². The SMILES string of the molecule is C=C1COC(c2ccccc2)OC1C[C@H](CC(OC(C)=O)C1=C[C@@H](C/C(C)=C/C=O)OC1=O)C(=C)C. The van der Waals surface area contributed by atoms with E-state index in [0.29, 0.717) is 37.7 Å². The maximum atomic E-state index is 12.7. The molecule has 2 aliphatic rings. The Kier molecular flexibility index (Phi) is 9.56. The first-order valence-electron chi connectivity index (χ1n) is 12.0. The Balaban J connectivity index is 1.76. The number of rotatable bonds is 11. The molecule has 1 aromatic carbocycles. The highest BCUT2D eigenvalue weighted by Crippen LogP contribution is 2.35. The van der Waals surface area contributed by atoms with E-state index in [4.69, 9.17) is 18.9 Å². The molecule has 36 heavy (non-hydrogen) atoms. The lowest BCUT2D eigenvalue weighted by Gasteiger charge is -2.35. The molecule has 0 N–H and O–H groups in total. The van der Waals surface area contributed by atoms with Gasteiger partial charge in [-0.25, -0.2) is 4.79 Å². The molecule has 0 amide bonds. The molecule has 2 aliphatic heterocycles. The summed E-state index contributed by atoms with van der Waals surface area (Å²) in [5, 5.41) is 0. The van der Waals surface area contributed by atoms with Crippen molar-refractivity contribution in [3.63, 3.8) is 0 Å². The quantitative estimate of drug-likeness (QED) is 0.186. The molecule has 0 bridgehead atoms. The number of cyclic esters (lactones) is 1. The lowest BCUT2D eigenvalue weighted by atomic mass is 9.85. The molecule has 1 fully saturated rings. The van der Waals surface area contributed by atoms with E-state index in [-0.39, 0.29) is 12.0 Å². The van der Waals surface area contributed by atoms with Gasteiger partial charge in [0, 0.05) is 18.9 Å². The Morgan fingerprint density at radius 2 is 1.94 bits per heavy atom. The summed E-state index contributed by atoms with van der Waals surface area (Å²) < 4.78 is 23.1. The van der Waals surface area contributed by atoms with Crippen molar-refractivity contribution in [1.82, 2.24) is 0 Å². The van der Waals surface area contributed by atoms with Gasteiger partial charge in [0.05, 0.1) is 18.3 Å². The molecule has 1 saturated heterocycles. The van der Waals surface area contributed by atoms with E-state index >= 15 is 0 Å². The van der Waals surface area contributed by atoms with Crippen LogP contribution in [0.3, 0.4) is 0 Å². The van der Waals surface area contributed by atoms with Crippen molar-refractivity contribution in [2.75, 3.05) is 6.61 Å². The van der Waals surface area contributed by atoms with Crippen LogP contribution in [-0.4, -0.2) is 43.1 Å². The number of carbonyl (C=O) groups is 3. The van der Waals surface area contributed by atoms with Crippen LogP contribution in [0.5, 0.6) is 0 Å². The molecule has 0 radical (unpaired) electrons. The summed E-state index contributed by atoms with van der Waals surface area (Å²) in [5.74, 6) is -1.15. The van der Waals surface area contributed by atoms with E-state index in [9.17, 15) is 14.4 Å². The molecule has 2 heterocycles.